The van der Waals surface area contributed by atoms with Gasteiger partial charge in [0.1, 0.15) is 35.8 Å². The summed E-state index contributed by atoms with van der Waals surface area (Å²) in [5, 5.41) is 39.6. The highest BCUT2D eigenvalue weighted by molar-refractivity contribution is 7.13. The number of carbonyl (C=O) groups is 4. The van der Waals surface area contributed by atoms with Gasteiger partial charge in [-0.2, -0.15) is 5.26 Å². The summed E-state index contributed by atoms with van der Waals surface area (Å²) in [5.74, 6) is -0.0801. The minimum atomic E-state index is -0.986. The number of β-amino-alcohol motifs (C(OH)–C–C–N with tert-alkyl or cyclic N) is 1. The van der Waals surface area contributed by atoms with E-state index >= 15 is 0 Å². The molecule has 18 heteroatoms. The first-order valence-corrected chi connectivity index (χ1v) is 25.2. The molecule has 1 aliphatic carbocycles. The number of piperazine rings is 1. The molecule has 3 fully saturated rings. The Morgan fingerprint density at radius 1 is 0.986 bits per heavy atom. The van der Waals surface area contributed by atoms with Gasteiger partial charge in [-0.15, -0.1) is 11.3 Å². The second-order valence-corrected chi connectivity index (χ2v) is 22.3. The molecule has 1 unspecified atom stereocenters. The molecule has 2 aliphatic heterocycles. The molecule has 4 heterocycles. The van der Waals surface area contributed by atoms with E-state index in [0.717, 1.165) is 48.1 Å². The van der Waals surface area contributed by atoms with Crippen molar-refractivity contribution in [3.63, 3.8) is 0 Å². The Bertz CT molecular complexity index is 2550. The first kappa shape index (κ1) is 52.2. The largest absolute Gasteiger partial charge is 0.489 e. The fourth-order valence-corrected chi connectivity index (χ4v) is 11.5. The number of aryl methyl sites for hydroxylation is 1. The number of likely N-dealkylation sites (tertiary alicyclic amines) is 1. The molecule has 1 saturated carbocycles. The van der Waals surface area contributed by atoms with E-state index < -0.39 is 52.3 Å². The predicted molar refractivity (Wildman–Crippen MR) is 269 cm³/mol. The van der Waals surface area contributed by atoms with Crippen LogP contribution in [0.4, 0.5) is 5.82 Å². The molecule has 2 aromatic carbocycles. The van der Waals surface area contributed by atoms with Crippen molar-refractivity contribution in [3.05, 3.63) is 93.7 Å². The molecule has 0 radical (unpaired) electrons. The Morgan fingerprint density at radius 3 is 2.27 bits per heavy atom. The Kier molecular flexibility index (Phi) is 15.9. The zero-order valence-corrected chi connectivity index (χ0v) is 42.9. The van der Waals surface area contributed by atoms with Gasteiger partial charge in [0.2, 0.25) is 17.7 Å². The third-order valence-corrected chi connectivity index (χ3v) is 15.4. The van der Waals surface area contributed by atoms with Crippen LogP contribution in [0, 0.1) is 34.5 Å². The van der Waals surface area contributed by atoms with E-state index in [1.165, 1.54) is 16.2 Å². The first-order valence-electron chi connectivity index (χ1n) is 23.9. The molecule has 0 bridgehead atoms. The average Bonchev–Trinajstić information content (AvgIpc) is 3.95. The number of amides is 4. The number of aliphatic hydroxyl groups is 2. The highest BCUT2D eigenvalue weighted by Gasteiger charge is 2.64. The number of thiazole rings is 1. The van der Waals surface area contributed by atoms with Gasteiger partial charge in [0, 0.05) is 74.7 Å². The molecule has 70 heavy (non-hydrogen) atoms. The van der Waals surface area contributed by atoms with Crippen LogP contribution >= 0.6 is 22.9 Å². The number of nitriles is 1. The number of ether oxygens (including phenoxy) is 1. The molecule has 3 aliphatic rings. The maximum absolute atomic E-state index is 14.2. The maximum Gasteiger partial charge on any atom is 0.253 e. The second kappa shape index (κ2) is 21.4. The summed E-state index contributed by atoms with van der Waals surface area (Å²) >= 11 is 7.79. The number of hydrogen-bond acceptors (Lipinski definition) is 13. The van der Waals surface area contributed by atoms with Crippen LogP contribution in [-0.2, 0) is 14.4 Å². The smallest absolute Gasteiger partial charge is 0.253 e. The molecule has 4 aromatic rings. The summed E-state index contributed by atoms with van der Waals surface area (Å²) in [6.07, 6.45) is 1.27. The lowest BCUT2D eigenvalue weighted by Gasteiger charge is -2.63. The molecule has 2 saturated heterocycles. The van der Waals surface area contributed by atoms with Gasteiger partial charge in [-0.25, -0.2) is 9.97 Å². The summed E-state index contributed by atoms with van der Waals surface area (Å²) in [5.41, 5.74) is 3.71. The summed E-state index contributed by atoms with van der Waals surface area (Å²) in [4.78, 5) is 70.8. The molecule has 0 spiro atoms. The lowest BCUT2D eigenvalue weighted by atomic mass is 9.49. The Labute approximate surface area is 419 Å². The third-order valence-electron chi connectivity index (χ3n) is 14.1. The fourth-order valence-electron chi connectivity index (χ4n) is 10.5. The van der Waals surface area contributed by atoms with Crippen molar-refractivity contribution >= 4 is 52.4 Å². The molecular formula is C52H66ClN9O7S. The highest BCUT2D eigenvalue weighted by Crippen LogP contribution is 2.55. The standard InChI is InChI=1S/C52H66ClN9O7S/c1-31-43(70-30-56-31)33-13-11-32(12-14-33)39(29-63)57-46(67)40-24-36(64)28-62(40)47(68)44(50(2,3)4)58-42(65)10-9-19-60-20-22-61(23-21-60)41-18-16-35(27-55-41)45(66)59-48-51(5,6)49(52(48,7)8)69-37-17-15-34(26-54)38(53)25-37/h11-18,25,27,30,36,39-40,44,48-49,63-64H,9-10,19-24,28-29H2,1-8H3,(H,57,67)(H,58,65)(H,59,66)/t36-,39?,40+,44-,48?,49?/m1/s1. The number of pyridine rings is 1. The predicted octanol–water partition coefficient (Wildman–Crippen LogP) is 5.90. The van der Waals surface area contributed by atoms with Crippen molar-refractivity contribution in [3.8, 4) is 22.3 Å². The second-order valence-electron chi connectivity index (χ2n) is 21.0. The quantitative estimate of drug-likeness (QED) is 0.0889. The van der Waals surface area contributed by atoms with E-state index in [2.05, 4.69) is 69.5 Å². The fraction of sp³-hybridized carbons (Fsp3) is 0.519. The van der Waals surface area contributed by atoms with Crippen molar-refractivity contribution < 1.29 is 34.1 Å². The van der Waals surface area contributed by atoms with E-state index in [9.17, 15) is 34.7 Å². The summed E-state index contributed by atoms with van der Waals surface area (Å²) in [7, 11) is 0. The van der Waals surface area contributed by atoms with Crippen LogP contribution in [0.3, 0.4) is 0 Å². The van der Waals surface area contributed by atoms with Crippen LogP contribution in [0.2, 0.25) is 5.02 Å². The first-order chi connectivity index (χ1) is 33.1. The Balaban J connectivity index is 0.856. The number of benzene rings is 2. The maximum atomic E-state index is 14.2. The number of aliphatic hydroxyl groups excluding tert-OH is 2. The lowest BCUT2D eigenvalue weighted by molar-refractivity contribution is -0.164. The summed E-state index contributed by atoms with van der Waals surface area (Å²) < 4.78 is 6.37. The SMILES string of the molecule is Cc1ncsc1-c1ccc(C(CO)NC(=O)[C@@H]2C[C@@H](O)CN2C(=O)[C@@H](NC(=O)CCCN2CCN(c3ccc(C(=O)NC4C(C)(C)C(Oc5ccc(C#N)c(Cl)c5)C4(C)C)cn3)CC2)C(C)(C)C)cc1. The van der Waals surface area contributed by atoms with E-state index in [1.807, 2.05) is 58.0 Å². The molecule has 16 nitrogen and oxygen atoms in total. The molecule has 2 aromatic heterocycles. The number of halogens is 1. The number of nitrogens with zero attached hydrogens (tertiary/aromatic N) is 6. The van der Waals surface area contributed by atoms with E-state index in [-0.39, 0.29) is 50.0 Å². The van der Waals surface area contributed by atoms with Gasteiger partial charge in [0.25, 0.3) is 5.91 Å². The number of rotatable bonds is 16. The summed E-state index contributed by atoms with van der Waals surface area (Å²) in [6, 6.07) is 15.4. The normalized spacial score (nSPS) is 21.7. The number of anilines is 1. The van der Waals surface area contributed by atoms with Crippen molar-refractivity contribution in [2.24, 2.45) is 16.2 Å². The van der Waals surface area contributed by atoms with Crippen molar-refractivity contribution in [2.45, 2.75) is 111 Å². The van der Waals surface area contributed by atoms with E-state index in [0.29, 0.717) is 40.4 Å². The molecule has 5 N–H and O–H groups in total. The zero-order valence-electron chi connectivity index (χ0n) is 41.3. The van der Waals surface area contributed by atoms with Crippen molar-refractivity contribution in [1.29, 1.82) is 5.26 Å². The third kappa shape index (κ3) is 11.4. The van der Waals surface area contributed by atoms with Crippen molar-refractivity contribution in [1.82, 2.24) is 35.7 Å². The highest BCUT2D eigenvalue weighted by atomic mass is 35.5. The van der Waals surface area contributed by atoms with E-state index in [4.69, 9.17) is 16.3 Å². The van der Waals surface area contributed by atoms with Crippen LogP contribution in [0.25, 0.3) is 10.4 Å². The molecule has 374 valence electrons. The van der Waals surface area contributed by atoms with Crippen LogP contribution in [-0.4, -0.2) is 130 Å². The zero-order chi connectivity index (χ0) is 50.7. The number of nitrogens with one attached hydrogen (secondary N) is 3. The number of aromatic nitrogens is 2. The van der Waals surface area contributed by atoms with Gasteiger partial charge in [0.05, 0.1) is 51.0 Å². The molecule has 4 atom stereocenters. The Morgan fingerprint density at radius 2 is 1.69 bits per heavy atom. The van der Waals surface area contributed by atoms with Crippen LogP contribution in [0.15, 0.2) is 66.3 Å². The van der Waals surface area contributed by atoms with Gasteiger partial charge >= 0.3 is 0 Å². The minimum Gasteiger partial charge on any atom is -0.489 e. The molecular weight excluding hydrogens is 930 g/mol. The van der Waals surface area contributed by atoms with Crippen LogP contribution in [0.5, 0.6) is 5.75 Å². The summed E-state index contributed by atoms with van der Waals surface area (Å²) in [6.45, 7) is 19.0. The molecule has 7 rings (SSSR count). The molecule has 4 amide bonds. The van der Waals surface area contributed by atoms with Crippen molar-refractivity contribution in [2.75, 3.05) is 50.8 Å². The van der Waals surface area contributed by atoms with Gasteiger partial charge in [-0.3, -0.25) is 24.1 Å². The van der Waals surface area contributed by atoms with Crippen LogP contribution in [0.1, 0.15) is 101 Å². The monoisotopic (exact) mass is 995 g/mol. The topological polar surface area (TPSA) is 213 Å². The average molecular weight is 997 g/mol. The van der Waals surface area contributed by atoms with E-state index in [1.54, 1.807) is 36.0 Å². The minimum absolute atomic E-state index is 0.0336. The van der Waals surface area contributed by atoms with Crippen LogP contribution < -0.4 is 25.6 Å². The van der Waals surface area contributed by atoms with Gasteiger partial charge in [-0.05, 0) is 60.7 Å². The van der Waals surface area contributed by atoms with Gasteiger partial charge in [-0.1, -0.05) is 84.3 Å². The van der Waals surface area contributed by atoms with Gasteiger partial charge < -0.3 is 40.7 Å². The van der Waals surface area contributed by atoms with Gasteiger partial charge in [0.15, 0.2) is 0 Å². The Hall–Kier alpha value is -5.64. The lowest BCUT2D eigenvalue weighted by Crippen LogP contribution is -2.74. The number of hydrogen-bond donors (Lipinski definition) is 5. The number of carbonyl (C=O) groups excluding carboxylic acids is 4.